The molecule has 0 aliphatic heterocycles. The zero-order valence-corrected chi connectivity index (χ0v) is 23.8. The lowest BCUT2D eigenvalue weighted by Crippen LogP contribution is -2.52. The molecule has 12 nitrogen and oxygen atoms in total. The smallest absolute Gasteiger partial charge is 0.258 e. The van der Waals surface area contributed by atoms with Crippen molar-refractivity contribution >= 4 is 29.3 Å². The SMILES string of the molecule is CCCCCCNC(=O)CC[C@@H](NC(=O)[C@H](C)NC(=O)COc1cccc(N(CCCO)CCCO)c1)C(N)=O. The summed E-state index contributed by atoms with van der Waals surface area (Å²) in [5.74, 6) is -1.69. The van der Waals surface area contributed by atoms with E-state index < -0.39 is 29.8 Å². The van der Waals surface area contributed by atoms with E-state index in [1.54, 1.807) is 18.2 Å². The first kappa shape index (κ1) is 34.6. The van der Waals surface area contributed by atoms with Crippen molar-refractivity contribution in [1.82, 2.24) is 16.0 Å². The molecule has 0 radical (unpaired) electrons. The number of anilines is 1. The molecule has 1 rings (SSSR count). The lowest BCUT2D eigenvalue weighted by molar-refractivity contribution is -0.131. The Balaban J connectivity index is 2.53. The van der Waals surface area contributed by atoms with Gasteiger partial charge in [0.25, 0.3) is 5.91 Å². The number of aliphatic hydroxyl groups excluding tert-OH is 2. The molecule has 226 valence electrons. The maximum atomic E-state index is 12.6. The van der Waals surface area contributed by atoms with E-state index in [2.05, 4.69) is 22.9 Å². The van der Waals surface area contributed by atoms with Crippen molar-refractivity contribution in [3.63, 3.8) is 0 Å². The molecular formula is C28H47N5O7. The van der Waals surface area contributed by atoms with Gasteiger partial charge < -0.3 is 41.5 Å². The minimum absolute atomic E-state index is 0.0345. The number of rotatable bonds is 22. The van der Waals surface area contributed by atoms with Crippen LogP contribution in [0.15, 0.2) is 24.3 Å². The number of amides is 4. The molecule has 1 aromatic rings. The average molecular weight is 566 g/mol. The van der Waals surface area contributed by atoms with Gasteiger partial charge in [0.1, 0.15) is 17.8 Å². The summed E-state index contributed by atoms with van der Waals surface area (Å²) in [6.45, 7) is 5.09. The monoisotopic (exact) mass is 565 g/mol. The molecule has 1 aromatic carbocycles. The van der Waals surface area contributed by atoms with E-state index >= 15 is 0 Å². The topological polar surface area (TPSA) is 183 Å². The Morgan fingerprint density at radius 1 is 0.975 bits per heavy atom. The fourth-order valence-electron chi connectivity index (χ4n) is 3.89. The molecule has 2 atom stereocenters. The Bertz CT molecular complexity index is 907. The third-order valence-corrected chi connectivity index (χ3v) is 6.17. The van der Waals surface area contributed by atoms with Crippen molar-refractivity contribution in [3.05, 3.63) is 24.3 Å². The van der Waals surface area contributed by atoms with E-state index in [-0.39, 0.29) is 38.6 Å². The quantitative estimate of drug-likeness (QED) is 0.110. The molecule has 0 saturated carbocycles. The Kier molecular flexibility index (Phi) is 17.8. The second-order valence-electron chi connectivity index (χ2n) is 9.63. The van der Waals surface area contributed by atoms with Gasteiger partial charge in [-0.3, -0.25) is 19.2 Å². The van der Waals surface area contributed by atoms with Gasteiger partial charge in [-0.25, -0.2) is 0 Å². The number of benzene rings is 1. The van der Waals surface area contributed by atoms with Gasteiger partial charge in [-0.1, -0.05) is 32.3 Å². The average Bonchev–Trinajstić information content (AvgIpc) is 2.93. The van der Waals surface area contributed by atoms with Crippen molar-refractivity contribution in [1.29, 1.82) is 0 Å². The molecule has 0 aliphatic rings. The number of nitrogens with two attached hydrogens (primary N) is 1. The Morgan fingerprint density at radius 2 is 1.68 bits per heavy atom. The zero-order chi connectivity index (χ0) is 29.8. The molecule has 12 heteroatoms. The maximum absolute atomic E-state index is 12.6. The van der Waals surface area contributed by atoms with Gasteiger partial charge >= 0.3 is 0 Å². The van der Waals surface area contributed by atoms with Crippen LogP contribution in [-0.2, 0) is 19.2 Å². The van der Waals surface area contributed by atoms with Crippen molar-refractivity contribution in [3.8, 4) is 5.75 Å². The molecule has 0 unspecified atom stereocenters. The van der Waals surface area contributed by atoms with Gasteiger partial charge in [0.2, 0.25) is 17.7 Å². The number of aliphatic hydroxyl groups is 2. The standard InChI is InChI=1S/C28H47N5O7/c1-3-4-5-6-14-30-25(36)13-12-24(27(29)38)32-28(39)21(2)31-26(37)20-40-23-11-7-10-22(19-23)33(15-8-17-34)16-9-18-35/h7,10-11,19,21,24,34-35H,3-6,8-9,12-18,20H2,1-2H3,(H2,29,38)(H,30,36)(H,31,37)(H,32,39)/t21-,24+/m0/s1. The predicted octanol–water partition coefficient (Wildman–Crippen LogP) is 0.588. The summed E-state index contributed by atoms with van der Waals surface area (Å²) in [5.41, 5.74) is 6.23. The number of nitrogens with zero attached hydrogens (tertiary/aromatic N) is 1. The number of hydrogen-bond donors (Lipinski definition) is 6. The first-order valence-electron chi connectivity index (χ1n) is 14.1. The normalized spacial score (nSPS) is 12.2. The minimum Gasteiger partial charge on any atom is -0.484 e. The number of unbranched alkanes of at least 4 members (excludes halogenated alkanes) is 3. The second-order valence-corrected chi connectivity index (χ2v) is 9.63. The summed E-state index contributed by atoms with van der Waals surface area (Å²) in [5, 5.41) is 26.1. The van der Waals surface area contributed by atoms with Crippen LogP contribution in [-0.4, -0.2) is 85.4 Å². The van der Waals surface area contributed by atoms with Crippen LogP contribution < -0.4 is 31.3 Å². The second kappa shape index (κ2) is 20.5. The van der Waals surface area contributed by atoms with Gasteiger partial charge in [0.15, 0.2) is 6.61 Å². The lowest BCUT2D eigenvalue weighted by Gasteiger charge is -2.25. The summed E-state index contributed by atoms with van der Waals surface area (Å²) < 4.78 is 5.60. The van der Waals surface area contributed by atoms with Crippen LogP contribution in [0.25, 0.3) is 0 Å². The first-order chi connectivity index (χ1) is 19.2. The highest BCUT2D eigenvalue weighted by molar-refractivity contribution is 5.91. The van der Waals surface area contributed by atoms with Crippen molar-refractivity contribution in [2.24, 2.45) is 5.73 Å². The number of hydrogen-bond acceptors (Lipinski definition) is 8. The Labute approximate surface area is 237 Å². The maximum Gasteiger partial charge on any atom is 0.258 e. The van der Waals surface area contributed by atoms with E-state index in [4.69, 9.17) is 20.7 Å². The van der Waals surface area contributed by atoms with Crippen molar-refractivity contribution < 1.29 is 34.1 Å². The van der Waals surface area contributed by atoms with Crippen molar-refractivity contribution in [2.75, 3.05) is 44.4 Å². The van der Waals surface area contributed by atoms with E-state index in [1.165, 1.54) is 6.92 Å². The molecule has 40 heavy (non-hydrogen) atoms. The van der Waals surface area contributed by atoms with Crippen LogP contribution >= 0.6 is 0 Å². The highest BCUT2D eigenvalue weighted by atomic mass is 16.5. The fraction of sp³-hybridized carbons (Fsp3) is 0.643. The highest BCUT2D eigenvalue weighted by Crippen LogP contribution is 2.22. The van der Waals surface area contributed by atoms with Crippen LogP contribution in [0.2, 0.25) is 0 Å². The van der Waals surface area contributed by atoms with E-state index in [1.807, 2.05) is 11.0 Å². The van der Waals surface area contributed by atoms with Crippen LogP contribution in [0.3, 0.4) is 0 Å². The van der Waals surface area contributed by atoms with E-state index in [9.17, 15) is 19.2 Å². The number of carbonyl (C=O) groups is 4. The van der Waals surface area contributed by atoms with Gasteiger partial charge in [0, 0.05) is 51.0 Å². The van der Waals surface area contributed by atoms with Crippen LogP contribution in [0, 0.1) is 0 Å². The highest BCUT2D eigenvalue weighted by Gasteiger charge is 2.23. The Morgan fingerprint density at radius 3 is 2.30 bits per heavy atom. The molecule has 0 heterocycles. The molecular weight excluding hydrogens is 518 g/mol. The summed E-state index contributed by atoms with van der Waals surface area (Å²) in [7, 11) is 0. The van der Waals surface area contributed by atoms with Gasteiger partial charge in [-0.15, -0.1) is 0 Å². The first-order valence-corrected chi connectivity index (χ1v) is 14.1. The number of primary amides is 1. The molecule has 0 spiro atoms. The fourth-order valence-corrected chi connectivity index (χ4v) is 3.89. The number of carbonyl (C=O) groups excluding carboxylic acids is 4. The summed E-state index contributed by atoms with van der Waals surface area (Å²) in [6, 6.07) is 5.10. The summed E-state index contributed by atoms with van der Waals surface area (Å²) in [4.78, 5) is 50.8. The minimum atomic E-state index is -1.05. The largest absolute Gasteiger partial charge is 0.484 e. The van der Waals surface area contributed by atoms with E-state index in [0.717, 1.165) is 31.4 Å². The van der Waals surface area contributed by atoms with Crippen LogP contribution in [0.4, 0.5) is 5.69 Å². The Hall–Kier alpha value is -3.38. The van der Waals surface area contributed by atoms with E-state index in [0.29, 0.717) is 38.2 Å². The number of ether oxygens (including phenoxy) is 1. The van der Waals surface area contributed by atoms with Crippen LogP contribution in [0.1, 0.15) is 65.2 Å². The zero-order valence-electron chi connectivity index (χ0n) is 23.8. The molecule has 0 saturated heterocycles. The van der Waals surface area contributed by atoms with Gasteiger partial charge in [-0.2, -0.15) is 0 Å². The van der Waals surface area contributed by atoms with Gasteiger partial charge in [0.05, 0.1) is 0 Å². The molecule has 0 aliphatic carbocycles. The molecule has 0 bridgehead atoms. The number of nitrogens with one attached hydrogen (secondary N) is 3. The third-order valence-electron chi connectivity index (χ3n) is 6.17. The van der Waals surface area contributed by atoms with Crippen molar-refractivity contribution in [2.45, 2.75) is 77.3 Å². The molecule has 7 N–H and O–H groups in total. The molecule has 0 fully saturated rings. The lowest BCUT2D eigenvalue weighted by atomic mass is 10.1. The molecule has 0 aromatic heterocycles. The summed E-state index contributed by atoms with van der Waals surface area (Å²) in [6.07, 6.45) is 5.36. The van der Waals surface area contributed by atoms with Gasteiger partial charge in [-0.05, 0) is 44.7 Å². The van der Waals surface area contributed by atoms with Crippen LogP contribution in [0.5, 0.6) is 5.75 Å². The molecule has 4 amide bonds. The third kappa shape index (κ3) is 14.7. The predicted molar refractivity (Wildman–Crippen MR) is 153 cm³/mol. The summed E-state index contributed by atoms with van der Waals surface area (Å²) >= 11 is 0.